The zero-order valence-corrected chi connectivity index (χ0v) is 16.4. The third-order valence-electron chi connectivity index (χ3n) is 4.80. The number of carboxylic acid groups (broad SMARTS) is 1. The van der Waals surface area contributed by atoms with Gasteiger partial charge in [-0.1, -0.05) is 30.3 Å². The molecule has 2 aromatic heterocycles. The molecule has 0 saturated carbocycles. The Morgan fingerprint density at radius 2 is 1.84 bits per heavy atom. The standard InChI is InChI=1S/C23H17FN2O5/c1-30-20-10-9-16(11-25-20)15-7-5-14(6-8-15)12-26-13-19(31-23(28)29)22(27)17-3-2-4-18(24)21(17)26/h2-11,13H,12H2,1H3,(H,28,29). The van der Waals surface area contributed by atoms with Crippen molar-refractivity contribution in [2.75, 3.05) is 7.11 Å². The monoisotopic (exact) mass is 420 g/mol. The highest BCUT2D eigenvalue weighted by atomic mass is 19.1. The first kappa shape index (κ1) is 20.1. The normalized spacial score (nSPS) is 10.8. The van der Waals surface area contributed by atoms with Crippen molar-refractivity contribution in [1.82, 2.24) is 9.55 Å². The molecular weight excluding hydrogens is 403 g/mol. The third kappa shape index (κ3) is 4.09. The van der Waals surface area contributed by atoms with E-state index in [0.717, 1.165) is 16.7 Å². The van der Waals surface area contributed by atoms with E-state index in [1.807, 2.05) is 30.3 Å². The van der Waals surface area contributed by atoms with Crippen LogP contribution in [0.2, 0.25) is 0 Å². The summed E-state index contributed by atoms with van der Waals surface area (Å²) in [7, 11) is 1.55. The summed E-state index contributed by atoms with van der Waals surface area (Å²) in [6, 6.07) is 15.3. The fourth-order valence-electron chi connectivity index (χ4n) is 3.35. The van der Waals surface area contributed by atoms with E-state index < -0.39 is 17.4 Å². The van der Waals surface area contributed by atoms with Gasteiger partial charge in [0.15, 0.2) is 5.75 Å². The molecule has 0 aliphatic carbocycles. The van der Waals surface area contributed by atoms with Crippen molar-refractivity contribution >= 4 is 17.1 Å². The number of ether oxygens (including phenoxy) is 2. The number of aromatic nitrogens is 2. The van der Waals surface area contributed by atoms with Crippen LogP contribution in [0, 0.1) is 5.82 Å². The van der Waals surface area contributed by atoms with Gasteiger partial charge in [0.2, 0.25) is 11.3 Å². The van der Waals surface area contributed by atoms with Gasteiger partial charge in [0.05, 0.1) is 24.2 Å². The average Bonchev–Trinajstić information content (AvgIpc) is 2.77. The number of halogens is 1. The summed E-state index contributed by atoms with van der Waals surface area (Å²) in [4.78, 5) is 27.6. The van der Waals surface area contributed by atoms with Crippen LogP contribution >= 0.6 is 0 Å². The van der Waals surface area contributed by atoms with Crippen LogP contribution in [0.3, 0.4) is 0 Å². The second-order valence-corrected chi connectivity index (χ2v) is 6.74. The number of hydrogen-bond donors (Lipinski definition) is 1. The molecule has 0 fully saturated rings. The summed E-state index contributed by atoms with van der Waals surface area (Å²) < 4.78 is 25.7. The Kier molecular flexibility index (Phi) is 5.36. The largest absolute Gasteiger partial charge is 0.511 e. The SMILES string of the molecule is COc1ccc(-c2ccc(Cn3cc(OC(=O)O)c(=O)c4cccc(F)c43)cc2)cn1. The van der Waals surface area contributed by atoms with E-state index in [9.17, 15) is 14.0 Å². The van der Waals surface area contributed by atoms with Crippen LogP contribution in [0.15, 0.2) is 71.8 Å². The smallest absolute Gasteiger partial charge is 0.481 e. The molecule has 0 spiro atoms. The zero-order valence-electron chi connectivity index (χ0n) is 16.4. The van der Waals surface area contributed by atoms with Gasteiger partial charge in [-0.15, -0.1) is 0 Å². The van der Waals surface area contributed by atoms with E-state index >= 15 is 0 Å². The molecule has 0 amide bonds. The fraction of sp³-hybridized carbons (Fsp3) is 0.0870. The molecule has 31 heavy (non-hydrogen) atoms. The van der Waals surface area contributed by atoms with Gasteiger partial charge in [0.25, 0.3) is 0 Å². The van der Waals surface area contributed by atoms with Gasteiger partial charge in [-0.2, -0.15) is 0 Å². The molecule has 156 valence electrons. The second kappa shape index (κ2) is 8.27. The number of hydrogen-bond acceptors (Lipinski definition) is 5. The minimum absolute atomic E-state index is 0.0414. The van der Waals surface area contributed by atoms with E-state index in [-0.39, 0.29) is 23.2 Å². The van der Waals surface area contributed by atoms with E-state index in [2.05, 4.69) is 9.72 Å². The highest BCUT2D eigenvalue weighted by Gasteiger charge is 2.16. The van der Waals surface area contributed by atoms with Crippen molar-refractivity contribution in [2.24, 2.45) is 0 Å². The van der Waals surface area contributed by atoms with E-state index in [4.69, 9.17) is 9.84 Å². The lowest BCUT2D eigenvalue weighted by atomic mass is 10.1. The molecule has 0 unspecified atom stereocenters. The van der Waals surface area contributed by atoms with Gasteiger partial charge in [0.1, 0.15) is 5.82 Å². The van der Waals surface area contributed by atoms with Crippen molar-refractivity contribution in [3.63, 3.8) is 0 Å². The highest BCUT2D eigenvalue weighted by molar-refractivity contribution is 5.81. The Bertz CT molecular complexity index is 1320. The maximum Gasteiger partial charge on any atom is 0.511 e. The van der Waals surface area contributed by atoms with Gasteiger partial charge in [0, 0.05) is 24.4 Å². The van der Waals surface area contributed by atoms with Crippen LogP contribution in [0.5, 0.6) is 11.6 Å². The molecule has 2 heterocycles. The van der Waals surface area contributed by atoms with Crippen LogP contribution in [0.25, 0.3) is 22.0 Å². The number of rotatable bonds is 5. The summed E-state index contributed by atoms with van der Waals surface area (Å²) in [5, 5.41) is 8.95. The summed E-state index contributed by atoms with van der Waals surface area (Å²) in [6.07, 6.45) is 1.30. The Hall–Kier alpha value is -4.20. The summed E-state index contributed by atoms with van der Waals surface area (Å²) in [5.74, 6) is -0.448. The molecule has 0 atom stereocenters. The first-order chi connectivity index (χ1) is 15.0. The first-order valence-corrected chi connectivity index (χ1v) is 9.28. The predicted octanol–water partition coefficient (Wildman–Crippen LogP) is 4.32. The predicted molar refractivity (Wildman–Crippen MR) is 112 cm³/mol. The lowest BCUT2D eigenvalue weighted by Crippen LogP contribution is -2.17. The summed E-state index contributed by atoms with van der Waals surface area (Å²) in [6.45, 7) is 0.203. The van der Waals surface area contributed by atoms with Gasteiger partial charge in [-0.25, -0.2) is 14.2 Å². The minimum Gasteiger partial charge on any atom is -0.481 e. The molecule has 0 saturated heterocycles. The number of fused-ring (bicyclic) bond motifs is 1. The number of nitrogens with zero attached hydrogens (tertiary/aromatic N) is 2. The Morgan fingerprint density at radius 1 is 1.10 bits per heavy atom. The van der Waals surface area contributed by atoms with Crippen LogP contribution < -0.4 is 14.9 Å². The van der Waals surface area contributed by atoms with Gasteiger partial charge in [-0.05, 0) is 29.3 Å². The third-order valence-corrected chi connectivity index (χ3v) is 4.80. The Morgan fingerprint density at radius 3 is 2.48 bits per heavy atom. The maximum atomic E-state index is 14.5. The molecular formula is C23H17FN2O5. The summed E-state index contributed by atoms with van der Waals surface area (Å²) in [5.41, 5.74) is 2.05. The molecule has 0 aliphatic rings. The number of benzene rings is 2. The van der Waals surface area contributed by atoms with E-state index in [1.165, 1.54) is 29.0 Å². The molecule has 8 heteroatoms. The van der Waals surface area contributed by atoms with E-state index in [0.29, 0.717) is 5.88 Å². The van der Waals surface area contributed by atoms with Gasteiger partial charge >= 0.3 is 6.16 Å². The quantitative estimate of drug-likeness (QED) is 0.484. The molecule has 0 radical (unpaired) electrons. The molecule has 4 rings (SSSR count). The molecule has 2 aromatic carbocycles. The van der Waals surface area contributed by atoms with Crippen LogP contribution in [0.1, 0.15) is 5.56 Å². The topological polar surface area (TPSA) is 90.6 Å². The first-order valence-electron chi connectivity index (χ1n) is 9.28. The van der Waals surface area contributed by atoms with Crippen LogP contribution in [0.4, 0.5) is 9.18 Å². The van der Waals surface area contributed by atoms with Crippen molar-refractivity contribution < 1.29 is 23.8 Å². The maximum absolute atomic E-state index is 14.5. The van der Waals surface area contributed by atoms with Crippen molar-refractivity contribution in [1.29, 1.82) is 0 Å². The number of para-hydroxylation sites is 1. The zero-order chi connectivity index (χ0) is 22.0. The van der Waals surface area contributed by atoms with Crippen molar-refractivity contribution in [3.05, 3.63) is 88.6 Å². The number of carbonyl (C=O) groups is 1. The average molecular weight is 420 g/mol. The Balaban J connectivity index is 1.71. The lowest BCUT2D eigenvalue weighted by Gasteiger charge is -2.14. The minimum atomic E-state index is -1.61. The van der Waals surface area contributed by atoms with Crippen molar-refractivity contribution in [2.45, 2.75) is 6.54 Å². The molecule has 7 nitrogen and oxygen atoms in total. The fourth-order valence-corrected chi connectivity index (χ4v) is 3.35. The number of methoxy groups -OCH3 is 1. The van der Waals surface area contributed by atoms with Gasteiger partial charge < -0.3 is 19.1 Å². The second-order valence-electron chi connectivity index (χ2n) is 6.74. The van der Waals surface area contributed by atoms with E-state index in [1.54, 1.807) is 19.4 Å². The van der Waals surface area contributed by atoms with Gasteiger partial charge in [-0.3, -0.25) is 4.79 Å². The van der Waals surface area contributed by atoms with Crippen LogP contribution in [-0.4, -0.2) is 27.9 Å². The molecule has 0 aliphatic heterocycles. The molecule has 0 bridgehead atoms. The Labute approximate surface area is 175 Å². The van der Waals surface area contributed by atoms with Crippen molar-refractivity contribution in [3.8, 4) is 22.8 Å². The highest BCUT2D eigenvalue weighted by Crippen LogP contribution is 2.23. The van der Waals surface area contributed by atoms with Crippen LogP contribution in [-0.2, 0) is 6.54 Å². The molecule has 4 aromatic rings. The summed E-state index contributed by atoms with van der Waals surface area (Å²) >= 11 is 0. The lowest BCUT2D eigenvalue weighted by molar-refractivity contribution is 0.144. The molecule has 1 N–H and O–H groups in total. The number of pyridine rings is 2.